The van der Waals surface area contributed by atoms with Gasteiger partial charge in [-0.05, 0) is 63.1 Å². The lowest BCUT2D eigenvalue weighted by Crippen LogP contribution is -1.72. The van der Waals surface area contributed by atoms with E-state index < -0.39 is 0 Å². The molecule has 1 nitrogen and oxygen atoms in total. The number of hydrogen-bond donors (Lipinski definition) is 0. The van der Waals surface area contributed by atoms with Crippen LogP contribution in [0.2, 0.25) is 0 Å². The predicted octanol–water partition coefficient (Wildman–Crippen LogP) is 4.32. The van der Waals surface area contributed by atoms with Crippen LogP contribution in [0.15, 0.2) is 37.9 Å². The molecule has 0 aliphatic carbocycles. The molecule has 0 aliphatic heterocycles. The molecular formula is C11H8Br2O. The molecule has 0 amide bonds. The monoisotopic (exact) mass is 314 g/mol. The van der Waals surface area contributed by atoms with Crippen LogP contribution in [0.4, 0.5) is 0 Å². The van der Waals surface area contributed by atoms with Crippen molar-refractivity contribution in [3.05, 3.63) is 39.2 Å². The van der Waals surface area contributed by atoms with E-state index in [1.165, 1.54) is 0 Å². The molecule has 0 bridgehead atoms. The molecule has 1 aromatic rings. The van der Waals surface area contributed by atoms with Gasteiger partial charge in [0.25, 0.3) is 0 Å². The fourth-order valence-electron chi connectivity index (χ4n) is 0.838. The molecule has 0 atom stereocenters. The largest absolute Gasteiger partial charge is 0.465 e. The van der Waals surface area contributed by atoms with Crippen LogP contribution in [0.5, 0.6) is 0 Å². The Kier molecular flexibility index (Phi) is 4.78. The predicted molar refractivity (Wildman–Crippen MR) is 66.1 cm³/mol. The van der Waals surface area contributed by atoms with Crippen molar-refractivity contribution in [2.24, 2.45) is 0 Å². The number of halogens is 2. The van der Waals surface area contributed by atoms with Gasteiger partial charge in [0.1, 0.15) is 5.76 Å². The summed E-state index contributed by atoms with van der Waals surface area (Å²) in [6.45, 7) is 1.80. The number of hydrogen-bond acceptors (Lipinski definition) is 1. The van der Waals surface area contributed by atoms with Gasteiger partial charge in [-0.15, -0.1) is 5.92 Å². The molecule has 0 spiro atoms. The van der Waals surface area contributed by atoms with Crippen LogP contribution in [0.3, 0.4) is 0 Å². The highest BCUT2D eigenvalue weighted by Gasteiger charge is 1.94. The average Bonchev–Trinajstić information content (AvgIpc) is 2.64. The molecule has 1 heterocycles. The van der Waals surface area contributed by atoms with Crippen LogP contribution in [-0.2, 0) is 0 Å². The molecule has 0 fully saturated rings. The second-order valence-electron chi connectivity index (χ2n) is 2.40. The zero-order valence-electron chi connectivity index (χ0n) is 7.55. The summed E-state index contributed by atoms with van der Waals surface area (Å²) in [6, 6.07) is 3.73. The highest BCUT2D eigenvalue weighted by molar-refractivity contribution is 9.28. The van der Waals surface area contributed by atoms with Crippen LogP contribution in [0, 0.1) is 11.8 Å². The molecule has 1 rings (SSSR count). The van der Waals surface area contributed by atoms with Gasteiger partial charge in [-0.1, -0.05) is 5.92 Å². The summed E-state index contributed by atoms with van der Waals surface area (Å²) in [5.41, 5.74) is 0.879. The van der Waals surface area contributed by atoms with Crippen LogP contribution >= 0.6 is 31.9 Å². The van der Waals surface area contributed by atoms with Gasteiger partial charge in [0.15, 0.2) is 0 Å². The van der Waals surface area contributed by atoms with Crippen LogP contribution in [0.1, 0.15) is 12.7 Å². The number of rotatable bonds is 2. The lowest BCUT2D eigenvalue weighted by atomic mass is 10.2. The third-order valence-corrected chi connectivity index (χ3v) is 2.28. The van der Waals surface area contributed by atoms with E-state index in [1.807, 2.05) is 24.3 Å². The van der Waals surface area contributed by atoms with Gasteiger partial charge >= 0.3 is 0 Å². The maximum Gasteiger partial charge on any atom is 0.126 e. The lowest BCUT2D eigenvalue weighted by Gasteiger charge is -1.90. The van der Waals surface area contributed by atoms with Crippen molar-refractivity contribution in [1.82, 2.24) is 0 Å². The van der Waals surface area contributed by atoms with E-state index in [1.54, 1.807) is 13.2 Å². The van der Waals surface area contributed by atoms with Gasteiger partial charge in [0.05, 0.1) is 9.65 Å². The molecule has 0 aromatic carbocycles. The first-order valence-corrected chi connectivity index (χ1v) is 5.52. The van der Waals surface area contributed by atoms with Crippen molar-refractivity contribution in [3.63, 3.8) is 0 Å². The van der Waals surface area contributed by atoms with E-state index >= 15 is 0 Å². The van der Waals surface area contributed by atoms with Crippen molar-refractivity contribution in [2.75, 3.05) is 0 Å². The minimum absolute atomic E-state index is 0.807. The average molecular weight is 316 g/mol. The van der Waals surface area contributed by atoms with Crippen molar-refractivity contribution in [1.29, 1.82) is 0 Å². The summed E-state index contributed by atoms with van der Waals surface area (Å²) >= 11 is 6.64. The lowest BCUT2D eigenvalue weighted by molar-refractivity contribution is 0.557. The summed E-state index contributed by atoms with van der Waals surface area (Å²) in [7, 11) is 0. The Morgan fingerprint density at radius 3 is 2.79 bits per heavy atom. The maximum atomic E-state index is 5.15. The van der Waals surface area contributed by atoms with Crippen molar-refractivity contribution in [3.8, 4) is 11.8 Å². The van der Waals surface area contributed by atoms with E-state index in [9.17, 15) is 0 Å². The van der Waals surface area contributed by atoms with Crippen molar-refractivity contribution >= 4 is 37.9 Å². The van der Waals surface area contributed by atoms with Crippen LogP contribution in [-0.4, -0.2) is 0 Å². The Labute approximate surface area is 100 Å². The van der Waals surface area contributed by atoms with E-state index in [2.05, 4.69) is 43.7 Å². The Morgan fingerprint density at radius 1 is 1.50 bits per heavy atom. The third kappa shape index (κ3) is 3.57. The van der Waals surface area contributed by atoms with Crippen molar-refractivity contribution in [2.45, 2.75) is 6.92 Å². The van der Waals surface area contributed by atoms with Gasteiger partial charge in [-0.3, -0.25) is 0 Å². The maximum absolute atomic E-state index is 5.15. The molecular weight excluding hydrogens is 308 g/mol. The van der Waals surface area contributed by atoms with E-state index in [0.717, 1.165) is 14.7 Å². The highest BCUT2D eigenvalue weighted by atomic mass is 79.9. The fraction of sp³-hybridized carbons (Fsp3) is 0.0909. The van der Waals surface area contributed by atoms with E-state index in [0.29, 0.717) is 0 Å². The fourth-order valence-corrected chi connectivity index (χ4v) is 1.30. The minimum Gasteiger partial charge on any atom is -0.465 e. The molecule has 0 radical (unpaired) electrons. The van der Waals surface area contributed by atoms with Gasteiger partial charge in [0.2, 0.25) is 0 Å². The molecule has 0 N–H and O–H groups in total. The Bertz CT molecular complexity index is 398. The van der Waals surface area contributed by atoms with Crippen LogP contribution in [0.25, 0.3) is 6.08 Å². The number of furan rings is 1. The zero-order valence-corrected chi connectivity index (χ0v) is 10.7. The Hall–Kier alpha value is -0.720. The smallest absolute Gasteiger partial charge is 0.126 e. The van der Waals surface area contributed by atoms with Gasteiger partial charge < -0.3 is 4.42 Å². The second kappa shape index (κ2) is 5.90. The highest BCUT2D eigenvalue weighted by Crippen LogP contribution is 2.20. The first-order valence-electron chi connectivity index (χ1n) is 3.93. The standard InChI is InChI=1S/C11H8Br2O/c1-2-4-9(11(12)13)6-7-10-5-3-8-14-10/h3,5-8H,1H3/b7-6+. The quantitative estimate of drug-likeness (QED) is 0.585. The topological polar surface area (TPSA) is 13.1 Å². The third-order valence-electron chi connectivity index (χ3n) is 1.42. The Morgan fingerprint density at radius 2 is 2.29 bits per heavy atom. The van der Waals surface area contributed by atoms with Gasteiger partial charge in [-0.25, -0.2) is 0 Å². The molecule has 0 saturated carbocycles. The summed E-state index contributed by atoms with van der Waals surface area (Å²) in [6.07, 6.45) is 5.38. The zero-order chi connectivity index (χ0) is 10.4. The summed E-state index contributed by atoms with van der Waals surface area (Å²) in [5, 5.41) is 0. The molecule has 3 heteroatoms. The molecule has 72 valence electrons. The van der Waals surface area contributed by atoms with Crippen LogP contribution < -0.4 is 0 Å². The summed E-state index contributed by atoms with van der Waals surface area (Å²) in [4.78, 5) is 0. The Balaban J connectivity index is 2.84. The normalized spacial score (nSPS) is 9.64. The molecule has 14 heavy (non-hydrogen) atoms. The first kappa shape index (κ1) is 11.4. The van der Waals surface area contributed by atoms with E-state index in [4.69, 9.17) is 4.42 Å². The van der Waals surface area contributed by atoms with Crippen molar-refractivity contribution < 1.29 is 4.42 Å². The summed E-state index contributed by atoms with van der Waals surface area (Å²) in [5.74, 6) is 6.59. The second-order valence-corrected chi connectivity index (χ2v) is 5.05. The SMILES string of the molecule is CC#CC(/C=C/c1ccco1)=C(Br)Br. The van der Waals surface area contributed by atoms with Gasteiger partial charge in [-0.2, -0.15) is 0 Å². The van der Waals surface area contributed by atoms with E-state index in [-0.39, 0.29) is 0 Å². The molecule has 0 saturated heterocycles. The number of allylic oxidation sites excluding steroid dienone is 2. The van der Waals surface area contributed by atoms with Gasteiger partial charge in [0, 0.05) is 5.57 Å². The minimum atomic E-state index is 0.807. The molecule has 0 aliphatic rings. The molecule has 1 aromatic heterocycles. The molecule has 0 unspecified atom stereocenters. The summed E-state index contributed by atoms with van der Waals surface area (Å²) < 4.78 is 5.99. The first-order chi connectivity index (χ1) is 6.74.